The Balaban J connectivity index is 1.45. The molecule has 27 heavy (non-hydrogen) atoms. The molecule has 1 fully saturated rings. The van der Waals surface area contributed by atoms with Gasteiger partial charge in [0.05, 0.1) is 11.4 Å². The van der Waals surface area contributed by atoms with E-state index in [1.54, 1.807) is 0 Å². The number of benzene rings is 1. The number of sulfonamides is 1. The van der Waals surface area contributed by atoms with Crippen LogP contribution in [0.2, 0.25) is 0 Å². The Kier molecular flexibility index (Phi) is 6.63. The number of nitrogens with zero attached hydrogens (tertiary/aromatic N) is 2. The summed E-state index contributed by atoms with van der Waals surface area (Å²) in [5.74, 6) is 0.456. The van der Waals surface area contributed by atoms with Gasteiger partial charge in [-0.2, -0.15) is 0 Å². The second-order valence-electron chi connectivity index (χ2n) is 7.58. The first-order chi connectivity index (χ1) is 12.9. The molecule has 0 amide bonds. The predicted molar refractivity (Wildman–Crippen MR) is 109 cm³/mol. The summed E-state index contributed by atoms with van der Waals surface area (Å²) in [6.07, 6.45) is 3.85. The molecule has 1 aromatic heterocycles. The van der Waals surface area contributed by atoms with Crippen LogP contribution in [-0.2, 0) is 22.3 Å². The minimum atomic E-state index is -3.31. The monoisotopic (exact) mass is 387 g/mol. The molecule has 0 bridgehead atoms. The van der Waals surface area contributed by atoms with Crippen molar-refractivity contribution in [3.8, 4) is 0 Å². The Bertz CT molecular complexity index is 845. The van der Waals surface area contributed by atoms with Crippen molar-refractivity contribution in [1.82, 2.24) is 14.6 Å². The molecule has 0 radical (unpaired) electrons. The van der Waals surface area contributed by atoms with Crippen LogP contribution in [0.1, 0.15) is 35.2 Å². The van der Waals surface area contributed by atoms with Crippen LogP contribution in [0.5, 0.6) is 0 Å². The number of hydrogen-bond acceptors (Lipinski definition) is 4. The zero-order chi connectivity index (χ0) is 19.3. The summed E-state index contributed by atoms with van der Waals surface area (Å²) >= 11 is 0. The number of likely N-dealkylation sites (tertiary alicyclic amines) is 1. The van der Waals surface area contributed by atoms with Gasteiger partial charge in [-0.1, -0.05) is 29.8 Å². The number of nitrogens with one attached hydrogen (secondary N) is 1. The molecule has 6 heteroatoms. The van der Waals surface area contributed by atoms with E-state index in [1.807, 2.05) is 56.4 Å². The third-order valence-corrected chi connectivity index (χ3v) is 6.56. The third kappa shape index (κ3) is 6.13. The van der Waals surface area contributed by atoms with Gasteiger partial charge in [-0.25, -0.2) is 13.1 Å². The maximum Gasteiger partial charge on any atom is 0.215 e. The molecule has 0 unspecified atom stereocenters. The second kappa shape index (κ2) is 8.95. The molecule has 0 aliphatic carbocycles. The van der Waals surface area contributed by atoms with Gasteiger partial charge in [0.1, 0.15) is 0 Å². The largest absolute Gasteiger partial charge is 0.297 e. The van der Waals surface area contributed by atoms with Gasteiger partial charge in [-0.15, -0.1) is 0 Å². The van der Waals surface area contributed by atoms with Crippen LogP contribution in [-0.4, -0.2) is 37.9 Å². The molecule has 1 saturated heterocycles. The molecule has 5 nitrogen and oxygen atoms in total. The van der Waals surface area contributed by atoms with Gasteiger partial charge in [0.15, 0.2) is 0 Å². The number of rotatable bonds is 7. The van der Waals surface area contributed by atoms with Crippen molar-refractivity contribution >= 4 is 10.0 Å². The van der Waals surface area contributed by atoms with Gasteiger partial charge in [-0.3, -0.25) is 9.88 Å². The van der Waals surface area contributed by atoms with Crippen LogP contribution in [0.3, 0.4) is 0 Å². The fraction of sp³-hybridized carbons (Fsp3) is 0.476. The number of pyridine rings is 1. The maximum atomic E-state index is 12.5. The second-order valence-corrected chi connectivity index (χ2v) is 9.38. The van der Waals surface area contributed by atoms with Gasteiger partial charge in [0.25, 0.3) is 0 Å². The number of aromatic nitrogens is 1. The summed E-state index contributed by atoms with van der Waals surface area (Å²) < 4.78 is 27.8. The Hall–Kier alpha value is -1.76. The third-order valence-electron chi connectivity index (χ3n) is 5.26. The lowest BCUT2D eigenvalue weighted by molar-refractivity contribution is 0.177. The topological polar surface area (TPSA) is 62.3 Å². The van der Waals surface area contributed by atoms with Crippen LogP contribution >= 0.6 is 0 Å². The molecule has 0 saturated carbocycles. The van der Waals surface area contributed by atoms with E-state index in [-0.39, 0.29) is 5.75 Å². The van der Waals surface area contributed by atoms with Crippen LogP contribution < -0.4 is 4.72 Å². The van der Waals surface area contributed by atoms with E-state index in [9.17, 15) is 8.42 Å². The average Bonchev–Trinajstić information content (AvgIpc) is 2.65. The van der Waals surface area contributed by atoms with E-state index in [2.05, 4.69) is 14.6 Å². The standard InChI is InChI=1S/C21H29N3O2S/c1-17-6-7-18(2)20(13-17)16-27(25,26)23-14-19-8-11-24(12-9-19)15-21-5-3-4-10-22-21/h3-7,10,13,19,23H,8-9,11-12,14-16H2,1-2H3. The van der Waals surface area contributed by atoms with E-state index in [0.717, 1.165) is 54.9 Å². The minimum absolute atomic E-state index is 0.0546. The molecule has 0 spiro atoms. The van der Waals surface area contributed by atoms with Gasteiger partial charge in [-0.05, 0) is 69.0 Å². The van der Waals surface area contributed by atoms with Gasteiger partial charge >= 0.3 is 0 Å². The highest BCUT2D eigenvalue weighted by atomic mass is 32.2. The van der Waals surface area contributed by atoms with Crippen LogP contribution in [0.25, 0.3) is 0 Å². The fourth-order valence-corrected chi connectivity index (χ4v) is 4.84. The summed E-state index contributed by atoms with van der Waals surface area (Å²) in [7, 11) is -3.31. The van der Waals surface area contributed by atoms with Crippen LogP contribution in [0.4, 0.5) is 0 Å². The van der Waals surface area contributed by atoms with Crippen molar-refractivity contribution < 1.29 is 8.42 Å². The Labute approximate surface area is 162 Å². The van der Waals surface area contributed by atoms with E-state index < -0.39 is 10.0 Å². The summed E-state index contributed by atoms with van der Waals surface area (Å²) in [6.45, 7) is 7.32. The van der Waals surface area contributed by atoms with Crippen molar-refractivity contribution in [3.05, 3.63) is 65.0 Å². The quantitative estimate of drug-likeness (QED) is 0.793. The first-order valence-corrected chi connectivity index (χ1v) is 11.2. The average molecular weight is 388 g/mol. The molecule has 146 valence electrons. The summed E-state index contributed by atoms with van der Waals surface area (Å²) in [4.78, 5) is 6.77. The van der Waals surface area contributed by atoms with Crippen molar-refractivity contribution in [3.63, 3.8) is 0 Å². The summed E-state index contributed by atoms with van der Waals surface area (Å²) in [6, 6.07) is 12.0. The SMILES string of the molecule is Cc1ccc(C)c(CS(=O)(=O)NCC2CCN(Cc3ccccn3)CC2)c1. The lowest BCUT2D eigenvalue weighted by atomic mass is 9.97. The highest BCUT2D eigenvalue weighted by molar-refractivity contribution is 7.88. The molecule has 2 heterocycles. The molecule has 1 aromatic carbocycles. The van der Waals surface area contributed by atoms with Gasteiger partial charge < -0.3 is 0 Å². The van der Waals surface area contributed by atoms with E-state index in [1.165, 1.54) is 0 Å². The molecule has 2 aromatic rings. The van der Waals surface area contributed by atoms with Crippen molar-refractivity contribution in [2.24, 2.45) is 5.92 Å². The predicted octanol–water partition coefficient (Wildman–Crippen LogP) is 3.03. The van der Waals surface area contributed by atoms with Crippen LogP contribution in [0, 0.1) is 19.8 Å². The van der Waals surface area contributed by atoms with Crippen molar-refractivity contribution in [2.75, 3.05) is 19.6 Å². The molecule has 3 rings (SSSR count). The lowest BCUT2D eigenvalue weighted by Crippen LogP contribution is -2.38. The van der Waals surface area contributed by atoms with Crippen LogP contribution in [0.15, 0.2) is 42.6 Å². The minimum Gasteiger partial charge on any atom is -0.297 e. The Morgan fingerprint density at radius 2 is 1.93 bits per heavy atom. The Morgan fingerprint density at radius 3 is 2.63 bits per heavy atom. The highest BCUT2D eigenvalue weighted by Gasteiger charge is 2.22. The number of aryl methyl sites for hydroxylation is 2. The summed E-state index contributed by atoms with van der Waals surface area (Å²) in [5, 5.41) is 0. The van der Waals surface area contributed by atoms with E-state index in [4.69, 9.17) is 0 Å². The molecular weight excluding hydrogens is 358 g/mol. The molecule has 1 aliphatic rings. The molecule has 1 aliphatic heterocycles. The first kappa shape index (κ1) is 20.0. The number of piperidine rings is 1. The number of hydrogen-bond donors (Lipinski definition) is 1. The lowest BCUT2D eigenvalue weighted by Gasteiger charge is -2.31. The maximum absolute atomic E-state index is 12.5. The molecule has 0 atom stereocenters. The normalized spacial score (nSPS) is 16.5. The van der Waals surface area contributed by atoms with Gasteiger partial charge in [0.2, 0.25) is 10.0 Å². The van der Waals surface area contributed by atoms with Crippen molar-refractivity contribution in [2.45, 2.75) is 39.0 Å². The zero-order valence-corrected chi connectivity index (χ0v) is 17.0. The Morgan fingerprint density at radius 1 is 1.15 bits per heavy atom. The van der Waals surface area contributed by atoms with E-state index >= 15 is 0 Å². The highest BCUT2D eigenvalue weighted by Crippen LogP contribution is 2.19. The van der Waals surface area contributed by atoms with Gasteiger partial charge in [0, 0.05) is 19.3 Å². The first-order valence-electron chi connectivity index (χ1n) is 9.57. The molecular formula is C21H29N3O2S. The van der Waals surface area contributed by atoms with Crippen molar-refractivity contribution in [1.29, 1.82) is 0 Å². The summed E-state index contributed by atoms with van der Waals surface area (Å²) in [5.41, 5.74) is 4.08. The fourth-order valence-electron chi connectivity index (χ4n) is 3.53. The zero-order valence-electron chi connectivity index (χ0n) is 16.2. The molecule has 1 N–H and O–H groups in total. The smallest absolute Gasteiger partial charge is 0.215 e. The van der Waals surface area contributed by atoms with E-state index in [0.29, 0.717) is 12.5 Å².